The number of aliphatic imine (C=N–C) groups is 1. The van der Waals surface area contributed by atoms with Gasteiger partial charge in [-0.3, -0.25) is 9.89 Å². The van der Waals surface area contributed by atoms with Crippen LogP contribution in [-0.4, -0.2) is 99.3 Å². The Bertz CT molecular complexity index is 448. The van der Waals surface area contributed by atoms with E-state index in [4.69, 9.17) is 4.74 Å². The van der Waals surface area contributed by atoms with Gasteiger partial charge in [0.15, 0.2) is 5.96 Å². The molecule has 7 heteroatoms. The van der Waals surface area contributed by atoms with Gasteiger partial charge in [0.2, 0.25) is 0 Å². The number of morpholine rings is 1. The molecule has 3 atom stereocenters. The van der Waals surface area contributed by atoms with Crippen molar-refractivity contribution in [2.24, 2.45) is 16.8 Å². The lowest BCUT2D eigenvalue weighted by Gasteiger charge is -2.35. The number of hydrogen-bond donors (Lipinski definition) is 1. The maximum atomic E-state index is 5.49. The normalized spacial score (nSPS) is 31.0. The first-order chi connectivity index (χ1) is 12.7. The van der Waals surface area contributed by atoms with E-state index >= 15 is 0 Å². The molecule has 27 heavy (non-hydrogen) atoms. The SMILES string of the molecule is CN=C(NCCCN1CC(C)CC(C)C1)N1CCC(N2CCOCC2)C1.I. The number of nitrogens with zero attached hydrogens (tertiary/aromatic N) is 4. The predicted octanol–water partition coefficient (Wildman–Crippen LogP) is 1.95. The Balaban J connectivity index is 0.00000261. The molecule has 3 unspecified atom stereocenters. The second kappa shape index (κ2) is 11.8. The van der Waals surface area contributed by atoms with E-state index in [2.05, 4.69) is 38.9 Å². The summed E-state index contributed by atoms with van der Waals surface area (Å²) in [4.78, 5) is 12.2. The van der Waals surface area contributed by atoms with Crippen molar-refractivity contribution in [2.75, 3.05) is 72.6 Å². The first-order valence-corrected chi connectivity index (χ1v) is 10.7. The first kappa shape index (κ1) is 23.2. The van der Waals surface area contributed by atoms with Gasteiger partial charge < -0.3 is 19.9 Å². The van der Waals surface area contributed by atoms with Gasteiger partial charge in [-0.1, -0.05) is 13.8 Å². The second-order valence-corrected chi connectivity index (χ2v) is 8.57. The number of halogens is 1. The molecule has 3 saturated heterocycles. The zero-order valence-corrected chi connectivity index (χ0v) is 19.9. The Hall–Kier alpha value is -0.120. The van der Waals surface area contributed by atoms with Crippen LogP contribution in [0.2, 0.25) is 0 Å². The summed E-state index contributed by atoms with van der Waals surface area (Å²) in [7, 11) is 1.92. The van der Waals surface area contributed by atoms with Gasteiger partial charge in [0.1, 0.15) is 0 Å². The first-order valence-electron chi connectivity index (χ1n) is 10.7. The summed E-state index contributed by atoms with van der Waals surface area (Å²) < 4.78 is 5.49. The van der Waals surface area contributed by atoms with Gasteiger partial charge >= 0.3 is 0 Å². The van der Waals surface area contributed by atoms with Crippen LogP contribution < -0.4 is 5.32 Å². The number of hydrogen-bond acceptors (Lipinski definition) is 4. The zero-order valence-electron chi connectivity index (χ0n) is 17.5. The Morgan fingerprint density at radius 3 is 2.44 bits per heavy atom. The third kappa shape index (κ3) is 7.01. The molecule has 0 aromatic carbocycles. The number of nitrogens with one attached hydrogen (secondary N) is 1. The Labute approximate surface area is 183 Å². The predicted molar refractivity (Wildman–Crippen MR) is 123 cm³/mol. The summed E-state index contributed by atoms with van der Waals surface area (Å²) in [6, 6.07) is 0.661. The van der Waals surface area contributed by atoms with E-state index < -0.39 is 0 Å². The topological polar surface area (TPSA) is 43.3 Å². The highest BCUT2D eigenvalue weighted by Gasteiger charge is 2.30. The highest BCUT2D eigenvalue weighted by molar-refractivity contribution is 14.0. The summed E-state index contributed by atoms with van der Waals surface area (Å²) in [6.07, 6.45) is 3.82. The van der Waals surface area contributed by atoms with Crippen molar-refractivity contribution < 1.29 is 4.74 Å². The fraction of sp³-hybridized carbons (Fsp3) is 0.950. The number of likely N-dealkylation sites (tertiary alicyclic amines) is 2. The summed E-state index contributed by atoms with van der Waals surface area (Å²) >= 11 is 0. The molecule has 3 rings (SSSR count). The lowest BCUT2D eigenvalue weighted by atomic mass is 9.92. The molecule has 0 bridgehead atoms. The Morgan fingerprint density at radius 1 is 1.07 bits per heavy atom. The summed E-state index contributed by atoms with van der Waals surface area (Å²) in [6.45, 7) is 15.7. The van der Waals surface area contributed by atoms with Crippen molar-refractivity contribution in [3.05, 3.63) is 0 Å². The van der Waals surface area contributed by atoms with Crippen LogP contribution >= 0.6 is 24.0 Å². The molecule has 0 aliphatic carbocycles. The standard InChI is InChI=1S/C20H39N5O.HI/c1-17-13-18(2)15-23(14-17)7-4-6-22-20(21-3)25-8-5-19(16-25)24-9-11-26-12-10-24;/h17-19H,4-16H2,1-3H3,(H,21,22);1H. The molecule has 0 saturated carbocycles. The third-order valence-corrected chi connectivity index (χ3v) is 6.12. The van der Waals surface area contributed by atoms with E-state index in [1.54, 1.807) is 0 Å². The van der Waals surface area contributed by atoms with Crippen LogP contribution in [-0.2, 0) is 4.74 Å². The second-order valence-electron chi connectivity index (χ2n) is 8.57. The molecule has 0 radical (unpaired) electrons. The van der Waals surface area contributed by atoms with Crippen LogP contribution in [0.4, 0.5) is 0 Å². The van der Waals surface area contributed by atoms with E-state index in [0.29, 0.717) is 6.04 Å². The molecule has 3 aliphatic rings. The molecule has 158 valence electrons. The molecule has 0 aromatic heterocycles. The molecule has 0 aromatic rings. The number of rotatable bonds is 5. The van der Waals surface area contributed by atoms with Crippen LogP contribution in [0.15, 0.2) is 4.99 Å². The minimum absolute atomic E-state index is 0. The van der Waals surface area contributed by atoms with E-state index in [1.165, 1.54) is 38.9 Å². The van der Waals surface area contributed by atoms with Crippen molar-refractivity contribution in [2.45, 2.75) is 39.2 Å². The van der Waals surface area contributed by atoms with Crippen LogP contribution in [0.1, 0.15) is 33.1 Å². The Morgan fingerprint density at radius 2 is 1.78 bits per heavy atom. The van der Waals surface area contributed by atoms with Crippen LogP contribution in [0.25, 0.3) is 0 Å². The van der Waals surface area contributed by atoms with Gasteiger partial charge in [0.25, 0.3) is 0 Å². The average molecular weight is 493 g/mol. The average Bonchev–Trinajstić information content (AvgIpc) is 3.12. The molecule has 3 fully saturated rings. The van der Waals surface area contributed by atoms with Gasteiger partial charge in [-0.2, -0.15) is 0 Å². The summed E-state index contributed by atoms with van der Waals surface area (Å²) in [5, 5.41) is 3.60. The molecular formula is C20H40IN5O. The zero-order chi connectivity index (χ0) is 18.4. The minimum atomic E-state index is 0. The number of guanidine groups is 1. The van der Waals surface area contributed by atoms with Gasteiger partial charge in [0, 0.05) is 58.9 Å². The van der Waals surface area contributed by atoms with E-state index in [1.807, 2.05) is 7.05 Å². The molecule has 0 amide bonds. The minimum Gasteiger partial charge on any atom is -0.379 e. The largest absolute Gasteiger partial charge is 0.379 e. The lowest BCUT2D eigenvalue weighted by molar-refractivity contribution is 0.0195. The van der Waals surface area contributed by atoms with Gasteiger partial charge in [0.05, 0.1) is 13.2 Å². The van der Waals surface area contributed by atoms with E-state index in [0.717, 1.165) is 63.7 Å². The summed E-state index contributed by atoms with van der Waals surface area (Å²) in [5.74, 6) is 2.78. The quantitative estimate of drug-likeness (QED) is 0.275. The fourth-order valence-corrected chi connectivity index (χ4v) is 4.98. The fourth-order valence-electron chi connectivity index (χ4n) is 4.98. The highest BCUT2D eigenvalue weighted by atomic mass is 127. The number of ether oxygens (including phenoxy) is 1. The molecule has 3 heterocycles. The van der Waals surface area contributed by atoms with Crippen LogP contribution in [0.5, 0.6) is 0 Å². The van der Waals surface area contributed by atoms with Crippen molar-refractivity contribution in [3.8, 4) is 0 Å². The molecular weight excluding hydrogens is 453 g/mol. The lowest BCUT2D eigenvalue weighted by Crippen LogP contribution is -2.47. The maximum Gasteiger partial charge on any atom is 0.193 e. The third-order valence-electron chi connectivity index (χ3n) is 6.12. The monoisotopic (exact) mass is 493 g/mol. The van der Waals surface area contributed by atoms with Crippen LogP contribution in [0, 0.1) is 11.8 Å². The summed E-state index contributed by atoms with van der Waals surface area (Å²) in [5.41, 5.74) is 0. The smallest absolute Gasteiger partial charge is 0.193 e. The Kier molecular flexibility index (Phi) is 10.1. The van der Waals surface area contributed by atoms with Crippen molar-refractivity contribution >= 4 is 29.9 Å². The molecule has 3 aliphatic heterocycles. The molecule has 0 spiro atoms. The van der Waals surface area contributed by atoms with Gasteiger partial charge in [-0.25, -0.2) is 0 Å². The molecule has 6 nitrogen and oxygen atoms in total. The van der Waals surface area contributed by atoms with E-state index in [9.17, 15) is 0 Å². The van der Waals surface area contributed by atoms with Crippen molar-refractivity contribution in [1.29, 1.82) is 0 Å². The highest BCUT2D eigenvalue weighted by Crippen LogP contribution is 2.21. The van der Waals surface area contributed by atoms with Crippen LogP contribution in [0.3, 0.4) is 0 Å². The van der Waals surface area contributed by atoms with Crippen molar-refractivity contribution in [1.82, 2.24) is 20.0 Å². The van der Waals surface area contributed by atoms with Gasteiger partial charge in [-0.15, -0.1) is 24.0 Å². The molecule has 1 N–H and O–H groups in total. The maximum absolute atomic E-state index is 5.49. The van der Waals surface area contributed by atoms with Crippen molar-refractivity contribution in [3.63, 3.8) is 0 Å². The van der Waals surface area contributed by atoms with E-state index in [-0.39, 0.29) is 24.0 Å². The number of piperidine rings is 1. The van der Waals surface area contributed by atoms with Gasteiger partial charge in [-0.05, 0) is 37.6 Å².